The zero-order valence-corrected chi connectivity index (χ0v) is 17.8. The van der Waals surface area contributed by atoms with Crippen molar-refractivity contribution in [3.63, 3.8) is 0 Å². The lowest BCUT2D eigenvalue weighted by molar-refractivity contribution is -0.239. The average Bonchev–Trinajstić information content (AvgIpc) is 2.68. The zero-order chi connectivity index (χ0) is 22.1. The van der Waals surface area contributed by atoms with Crippen LogP contribution in [0.4, 0.5) is 0 Å². The van der Waals surface area contributed by atoms with Crippen molar-refractivity contribution in [3.8, 4) is 0 Å². The van der Waals surface area contributed by atoms with Gasteiger partial charge in [0, 0.05) is 0 Å². The molecule has 1 aliphatic rings. The van der Waals surface area contributed by atoms with Gasteiger partial charge in [-0.15, -0.1) is 0 Å². The van der Waals surface area contributed by atoms with Crippen LogP contribution < -0.4 is 0 Å². The summed E-state index contributed by atoms with van der Waals surface area (Å²) in [4.78, 5) is -0.334. The van der Waals surface area contributed by atoms with E-state index in [4.69, 9.17) is 13.1 Å². The Labute approximate surface area is 175 Å². The van der Waals surface area contributed by atoms with Crippen molar-refractivity contribution in [2.24, 2.45) is 0 Å². The van der Waals surface area contributed by atoms with Crippen molar-refractivity contribution in [1.29, 1.82) is 0 Å². The van der Waals surface area contributed by atoms with Gasteiger partial charge in [-0.2, -0.15) is 16.8 Å². The van der Waals surface area contributed by atoms with Crippen LogP contribution in [0.15, 0.2) is 58.3 Å². The number of aliphatic hydroxyl groups is 2. The van der Waals surface area contributed by atoms with Crippen LogP contribution in [0, 0.1) is 13.8 Å². The van der Waals surface area contributed by atoms with Gasteiger partial charge in [0.25, 0.3) is 20.2 Å². The number of ether oxygens (including phenoxy) is 1. The van der Waals surface area contributed by atoms with Gasteiger partial charge in [0.15, 0.2) is 12.4 Å². The first-order valence-electron chi connectivity index (χ1n) is 8.97. The Bertz CT molecular complexity index is 1080. The van der Waals surface area contributed by atoms with Crippen LogP contribution in [-0.2, 0) is 33.3 Å². The zero-order valence-electron chi connectivity index (χ0n) is 16.2. The summed E-state index contributed by atoms with van der Waals surface area (Å²) < 4.78 is 64.9. The second-order valence-electron chi connectivity index (χ2n) is 6.94. The Hall–Kier alpha value is -1.86. The Morgan fingerprint density at radius 2 is 1.23 bits per heavy atom. The van der Waals surface area contributed by atoms with E-state index in [0.717, 1.165) is 11.1 Å². The Morgan fingerprint density at radius 1 is 0.800 bits per heavy atom. The van der Waals surface area contributed by atoms with Crippen LogP contribution in [0.3, 0.4) is 0 Å². The van der Waals surface area contributed by atoms with Gasteiger partial charge in [-0.3, -0.25) is 8.37 Å². The topological polar surface area (TPSA) is 136 Å². The molecule has 4 unspecified atom stereocenters. The van der Waals surface area contributed by atoms with Crippen molar-refractivity contribution in [2.75, 3.05) is 6.61 Å². The second kappa shape index (κ2) is 8.71. The molecule has 4 atom stereocenters. The fourth-order valence-electron chi connectivity index (χ4n) is 2.79. The maximum atomic E-state index is 12.5. The van der Waals surface area contributed by atoms with E-state index >= 15 is 0 Å². The van der Waals surface area contributed by atoms with Crippen LogP contribution in [-0.4, -0.2) is 58.3 Å². The molecule has 0 aromatic heterocycles. The maximum absolute atomic E-state index is 12.5. The van der Waals surface area contributed by atoms with Gasteiger partial charge in [0.1, 0.15) is 12.2 Å². The predicted molar refractivity (Wildman–Crippen MR) is 104 cm³/mol. The highest BCUT2D eigenvalue weighted by atomic mass is 32.2. The monoisotopic (exact) mass is 458 g/mol. The third-order valence-electron chi connectivity index (χ3n) is 4.54. The summed E-state index contributed by atoms with van der Waals surface area (Å²) in [5.74, 6) is 0. The van der Waals surface area contributed by atoms with E-state index in [9.17, 15) is 27.0 Å². The summed E-state index contributed by atoms with van der Waals surface area (Å²) in [6.45, 7) is 3.07. The first kappa shape index (κ1) is 22.8. The van der Waals surface area contributed by atoms with Gasteiger partial charge in [-0.1, -0.05) is 35.4 Å². The summed E-state index contributed by atoms with van der Waals surface area (Å²) >= 11 is 0. The molecule has 1 heterocycles. The van der Waals surface area contributed by atoms with Crippen molar-refractivity contribution in [1.82, 2.24) is 0 Å². The minimum absolute atomic E-state index is 0.142. The van der Waals surface area contributed by atoms with Crippen LogP contribution >= 0.6 is 0 Å². The molecule has 164 valence electrons. The predicted octanol–water partition coefficient (Wildman–Crippen LogP) is 0.861. The molecule has 2 aromatic rings. The molecule has 0 bridgehead atoms. The summed E-state index contributed by atoms with van der Waals surface area (Å²) in [5, 5.41) is 20.5. The molecule has 1 saturated heterocycles. The largest absolute Gasteiger partial charge is 0.387 e. The highest BCUT2D eigenvalue weighted by molar-refractivity contribution is 7.87. The molecule has 30 heavy (non-hydrogen) atoms. The van der Waals surface area contributed by atoms with E-state index in [1.807, 2.05) is 0 Å². The third kappa shape index (κ3) is 5.06. The van der Waals surface area contributed by atoms with Gasteiger partial charge < -0.3 is 14.9 Å². The van der Waals surface area contributed by atoms with Gasteiger partial charge in [-0.25, -0.2) is 0 Å². The maximum Gasteiger partial charge on any atom is 0.297 e. The van der Waals surface area contributed by atoms with Crippen molar-refractivity contribution in [3.05, 3.63) is 59.7 Å². The molecule has 9 nitrogen and oxygen atoms in total. The van der Waals surface area contributed by atoms with Crippen LogP contribution in [0.25, 0.3) is 0 Å². The van der Waals surface area contributed by atoms with Gasteiger partial charge in [-0.05, 0) is 38.1 Å². The van der Waals surface area contributed by atoms with Crippen LogP contribution in [0.5, 0.6) is 0 Å². The quantitative estimate of drug-likeness (QED) is 0.604. The summed E-state index contributed by atoms with van der Waals surface area (Å²) in [5.41, 5.74) is 1.66. The molecule has 0 saturated carbocycles. The minimum atomic E-state index is -4.37. The van der Waals surface area contributed by atoms with Gasteiger partial charge in [0.05, 0.1) is 16.4 Å². The fourth-order valence-corrected chi connectivity index (χ4v) is 4.94. The van der Waals surface area contributed by atoms with Gasteiger partial charge >= 0.3 is 0 Å². The number of rotatable bonds is 6. The highest BCUT2D eigenvalue weighted by Crippen LogP contribution is 2.26. The molecule has 1 aliphatic heterocycles. The number of benzene rings is 2. The number of aliphatic hydroxyl groups excluding tert-OH is 2. The van der Waals surface area contributed by atoms with E-state index in [0.29, 0.717) is 0 Å². The molecular weight excluding hydrogens is 436 g/mol. The summed E-state index contributed by atoms with van der Waals surface area (Å²) in [7, 11) is -8.65. The van der Waals surface area contributed by atoms with Crippen LogP contribution in [0.1, 0.15) is 11.1 Å². The Morgan fingerprint density at radius 3 is 1.70 bits per heavy atom. The Balaban J connectivity index is 1.78. The number of hydrogen-bond donors (Lipinski definition) is 2. The molecular formula is C19H22O9S2. The van der Waals surface area contributed by atoms with Crippen LogP contribution in [0.2, 0.25) is 0 Å². The molecule has 1 fully saturated rings. The first-order valence-corrected chi connectivity index (χ1v) is 11.8. The first-order chi connectivity index (χ1) is 14.0. The molecule has 0 amide bonds. The standard InChI is InChI=1S/C19H22O9S2/c1-12-3-7-14(8-4-12)29(22,23)27-16-11-26-19(21)18(17(16)20)28-30(24,25)15-9-5-13(2)6-10-15/h3-10,16-21H,11H2,1-2H3. The SMILES string of the molecule is Cc1ccc(S(=O)(=O)OC2COC(O)C(OS(=O)(=O)c3ccc(C)cc3)C2O)cc1. The van der Waals surface area contributed by atoms with Crippen molar-refractivity contribution in [2.45, 2.75) is 48.2 Å². The second-order valence-corrected chi connectivity index (χ2v) is 10.1. The molecule has 0 spiro atoms. The minimum Gasteiger partial charge on any atom is -0.387 e. The molecule has 0 aliphatic carbocycles. The molecule has 2 N–H and O–H groups in total. The number of hydrogen-bond acceptors (Lipinski definition) is 9. The highest BCUT2D eigenvalue weighted by Gasteiger charge is 2.45. The summed E-state index contributed by atoms with van der Waals surface area (Å²) in [6.07, 6.45) is -6.88. The number of aryl methyl sites for hydroxylation is 2. The lowest BCUT2D eigenvalue weighted by Gasteiger charge is -2.36. The fraction of sp³-hybridized carbons (Fsp3) is 0.368. The molecule has 2 aromatic carbocycles. The average molecular weight is 459 g/mol. The third-order valence-corrected chi connectivity index (χ3v) is 7.21. The van der Waals surface area contributed by atoms with E-state index in [-0.39, 0.29) is 9.79 Å². The smallest absolute Gasteiger partial charge is 0.297 e. The van der Waals surface area contributed by atoms with Crippen molar-refractivity contribution < 1.29 is 40.2 Å². The van der Waals surface area contributed by atoms with E-state index in [1.165, 1.54) is 24.3 Å². The normalized spacial score (nSPS) is 25.2. The molecule has 0 radical (unpaired) electrons. The molecule has 11 heteroatoms. The van der Waals surface area contributed by atoms with E-state index < -0.39 is 51.4 Å². The summed E-state index contributed by atoms with van der Waals surface area (Å²) in [6, 6.07) is 11.6. The van der Waals surface area contributed by atoms with Gasteiger partial charge in [0.2, 0.25) is 0 Å². The van der Waals surface area contributed by atoms with E-state index in [1.54, 1.807) is 38.1 Å². The lowest BCUT2D eigenvalue weighted by Crippen LogP contribution is -2.55. The van der Waals surface area contributed by atoms with E-state index in [2.05, 4.69) is 0 Å². The lowest BCUT2D eigenvalue weighted by atomic mass is 10.1. The Kier molecular flexibility index (Phi) is 6.63. The molecule has 3 rings (SSSR count). The van der Waals surface area contributed by atoms with Crippen molar-refractivity contribution >= 4 is 20.2 Å².